The third-order valence-corrected chi connectivity index (χ3v) is 7.78. The lowest BCUT2D eigenvalue weighted by molar-refractivity contribution is 0.0526. The molecule has 0 bridgehead atoms. The summed E-state index contributed by atoms with van der Waals surface area (Å²) in [4.78, 5) is 11.8. The number of hydrogen-bond donors (Lipinski definition) is 1. The number of rotatable bonds is 6. The van der Waals surface area contributed by atoms with E-state index in [-0.39, 0.29) is 10.7 Å². The predicted octanol–water partition coefficient (Wildman–Crippen LogP) is 4.57. The summed E-state index contributed by atoms with van der Waals surface area (Å²) in [5.74, 6) is -0.379. The Balaban J connectivity index is 1.91. The smallest absolute Gasteiger partial charge is 0.338 e. The first-order valence-corrected chi connectivity index (χ1v) is 11.0. The van der Waals surface area contributed by atoms with Gasteiger partial charge in [-0.15, -0.1) is 0 Å². The van der Waals surface area contributed by atoms with Gasteiger partial charge in [-0.3, -0.25) is 0 Å². The lowest BCUT2D eigenvalue weighted by Gasteiger charge is -2.21. The predicted molar refractivity (Wildman–Crippen MR) is 118 cm³/mol. The number of ether oxygens (including phenoxy) is 1. The molecule has 6 heteroatoms. The minimum atomic E-state index is -3.19. The Morgan fingerprint density at radius 2 is 1.39 bits per heavy atom. The van der Waals surface area contributed by atoms with E-state index in [4.69, 9.17) is 17.0 Å². The molecule has 0 aliphatic heterocycles. The molecule has 3 aromatic rings. The van der Waals surface area contributed by atoms with E-state index >= 15 is 0 Å². The molecule has 0 spiro atoms. The van der Waals surface area contributed by atoms with Crippen LogP contribution in [0.3, 0.4) is 0 Å². The summed E-state index contributed by atoms with van der Waals surface area (Å²) >= 11 is 5.60. The van der Waals surface area contributed by atoms with Crippen molar-refractivity contribution in [1.82, 2.24) is 0 Å². The first-order chi connectivity index (χ1) is 13.6. The van der Waals surface area contributed by atoms with Crippen molar-refractivity contribution in [3.8, 4) is 0 Å². The molecule has 0 aromatic heterocycles. The van der Waals surface area contributed by atoms with Crippen LogP contribution < -0.4 is 15.9 Å². The van der Waals surface area contributed by atoms with Crippen molar-refractivity contribution in [2.45, 2.75) is 6.92 Å². The molecule has 28 heavy (non-hydrogen) atoms. The van der Waals surface area contributed by atoms with Gasteiger partial charge < -0.3 is 14.6 Å². The Morgan fingerprint density at radius 3 is 1.86 bits per heavy atom. The zero-order chi connectivity index (χ0) is 20.0. The molecular weight excluding hydrogens is 389 g/mol. The highest BCUT2D eigenvalue weighted by atomic mass is 32.1. The van der Waals surface area contributed by atoms with Crippen molar-refractivity contribution >= 4 is 46.4 Å². The summed E-state index contributed by atoms with van der Waals surface area (Å²) in [7, 11) is -3.19. The van der Waals surface area contributed by atoms with Gasteiger partial charge in [0.15, 0.2) is 7.14 Å². The molecule has 0 amide bonds. The number of nitrogens with one attached hydrogen (secondary N) is 1. The summed E-state index contributed by atoms with van der Waals surface area (Å²) in [5, 5.41) is 4.43. The van der Waals surface area contributed by atoms with Gasteiger partial charge in [0.1, 0.15) is 4.73 Å². The van der Waals surface area contributed by atoms with Gasteiger partial charge in [0.05, 0.1) is 12.2 Å². The van der Waals surface area contributed by atoms with Gasteiger partial charge >= 0.3 is 5.97 Å². The van der Waals surface area contributed by atoms with Crippen molar-refractivity contribution in [2.24, 2.45) is 0 Å². The van der Waals surface area contributed by atoms with Crippen molar-refractivity contribution in [2.75, 3.05) is 11.9 Å². The van der Waals surface area contributed by atoms with E-state index in [9.17, 15) is 9.36 Å². The second kappa shape index (κ2) is 8.96. The average molecular weight is 409 g/mol. The van der Waals surface area contributed by atoms with Crippen LogP contribution in [-0.2, 0) is 9.30 Å². The van der Waals surface area contributed by atoms with Crippen molar-refractivity contribution < 1.29 is 14.1 Å². The molecular formula is C22H20NO3PS. The maximum absolute atomic E-state index is 14.1. The van der Waals surface area contributed by atoms with Gasteiger partial charge in [0, 0.05) is 16.3 Å². The van der Waals surface area contributed by atoms with Crippen LogP contribution in [0.5, 0.6) is 0 Å². The number of carbonyl (C=O) groups excluding carboxylic acids is 1. The van der Waals surface area contributed by atoms with E-state index in [0.29, 0.717) is 28.5 Å². The molecule has 3 aromatic carbocycles. The zero-order valence-corrected chi connectivity index (χ0v) is 17.1. The second-order valence-corrected chi connectivity index (χ2v) is 9.42. The normalized spacial score (nSPS) is 10.9. The van der Waals surface area contributed by atoms with E-state index in [1.165, 1.54) is 0 Å². The molecule has 0 aliphatic rings. The fraction of sp³-hybridized carbons (Fsp3) is 0.0909. The number of esters is 1. The highest BCUT2D eigenvalue weighted by Crippen LogP contribution is 2.45. The molecule has 0 saturated carbocycles. The Morgan fingerprint density at radius 1 is 0.893 bits per heavy atom. The molecule has 0 saturated heterocycles. The molecule has 0 radical (unpaired) electrons. The van der Waals surface area contributed by atoms with Crippen molar-refractivity contribution in [1.29, 1.82) is 0 Å². The number of carbonyl (C=O) groups is 1. The highest BCUT2D eigenvalue weighted by molar-refractivity contribution is 8.08. The third-order valence-electron chi connectivity index (χ3n) is 4.17. The average Bonchev–Trinajstić information content (AvgIpc) is 2.75. The fourth-order valence-electron chi connectivity index (χ4n) is 2.77. The number of benzene rings is 3. The quantitative estimate of drug-likeness (QED) is 0.367. The molecule has 0 heterocycles. The van der Waals surface area contributed by atoms with Crippen molar-refractivity contribution in [3.63, 3.8) is 0 Å². The summed E-state index contributed by atoms with van der Waals surface area (Å²) < 4.78 is 19.3. The summed E-state index contributed by atoms with van der Waals surface area (Å²) in [5.41, 5.74) is 1.11. The lowest BCUT2D eigenvalue weighted by atomic mass is 10.2. The SMILES string of the molecule is CCOC(=O)c1ccc(NC(=S)P(=O)(c2ccccc2)c2ccccc2)cc1. The van der Waals surface area contributed by atoms with Gasteiger partial charge in [-0.2, -0.15) is 0 Å². The summed E-state index contributed by atoms with van der Waals surface area (Å²) in [6, 6.07) is 25.2. The fourth-order valence-corrected chi connectivity index (χ4v) is 5.75. The minimum Gasteiger partial charge on any atom is -0.462 e. The third kappa shape index (κ3) is 4.22. The molecule has 0 unspecified atom stereocenters. The van der Waals surface area contributed by atoms with E-state index in [1.54, 1.807) is 31.2 Å². The van der Waals surface area contributed by atoms with Crippen LogP contribution in [0, 0.1) is 0 Å². The molecule has 0 fully saturated rings. The number of hydrogen-bond acceptors (Lipinski definition) is 4. The lowest BCUT2D eigenvalue weighted by Crippen LogP contribution is -2.25. The van der Waals surface area contributed by atoms with Crippen LogP contribution in [0.2, 0.25) is 0 Å². The van der Waals surface area contributed by atoms with Gasteiger partial charge in [-0.1, -0.05) is 72.9 Å². The summed E-state index contributed by atoms with van der Waals surface area (Å²) in [6.45, 7) is 2.08. The summed E-state index contributed by atoms with van der Waals surface area (Å²) in [6.07, 6.45) is 0. The largest absolute Gasteiger partial charge is 0.462 e. The first kappa shape index (κ1) is 20.0. The van der Waals surface area contributed by atoms with Gasteiger partial charge in [0.25, 0.3) is 0 Å². The Kier molecular flexibility index (Phi) is 6.40. The van der Waals surface area contributed by atoms with Crippen LogP contribution in [0.1, 0.15) is 17.3 Å². The van der Waals surface area contributed by atoms with E-state index in [1.807, 2.05) is 60.7 Å². The van der Waals surface area contributed by atoms with Gasteiger partial charge in [-0.05, 0) is 31.2 Å². The molecule has 1 N–H and O–H groups in total. The Hall–Kier alpha value is -2.75. The highest BCUT2D eigenvalue weighted by Gasteiger charge is 2.32. The van der Waals surface area contributed by atoms with Crippen LogP contribution in [0.4, 0.5) is 5.69 Å². The van der Waals surface area contributed by atoms with Gasteiger partial charge in [0.2, 0.25) is 0 Å². The minimum absolute atomic E-state index is 0.244. The van der Waals surface area contributed by atoms with Gasteiger partial charge in [-0.25, -0.2) is 4.79 Å². The van der Waals surface area contributed by atoms with Crippen LogP contribution in [-0.4, -0.2) is 17.3 Å². The Labute approximate surface area is 169 Å². The van der Waals surface area contributed by atoms with E-state index in [2.05, 4.69) is 5.32 Å². The number of thiocarbonyl (C=S) groups is 1. The van der Waals surface area contributed by atoms with Crippen LogP contribution in [0.25, 0.3) is 0 Å². The Bertz CT molecular complexity index is 961. The number of anilines is 1. The molecule has 0 atom stereocenters. The second-order valence-electron chi connectivity index (χ2n) is 6.01. The maximum atomic E-state index is 14.1. The molecule has 142 valence electrons. The van der Waals surface area contributed by atoms with Crippen molar-refractivity contribution in [3.05, 3.63) is 90.5 Å². The zero-order valence-electron chi connectivity index (χ0n) is 15.4. The maximum Gasteiger partial charge on any atom is 0.338 e. The standard InChI is InChI=1S/C22H20NO3PS/c1-2-26-21(24)17-13-15-18(16-14-17)23-22(28)27(25,19-9-5-3-6-10-19)20-11-7-4-8-12-20/h3-16H,2H2,1H3,(H,23,28). The first-order valence-electron chi connectivity index (χ1n) is 8.85. The van der Waals surface area contributed by atoms with E-state index < -0.39 is 7.14 Å². The van der Waals surface area contributed by atoms with Crippen LogP contribution >= 0.6 is 19.4 Å². The van der Waals surface area contributed by atoms with E-state index in [0.717, 1.165) is 0 Å². The monoisotopic (exact) mass is 409 g/mol. The molecule has 4 nitrogen and oxygen atoms in total. The topological polar surface area (TPSA) is 55.4 Å². The van der Waals surface area contributed by atoms with Crippen LogP contribution in [0.15, 0.2) is 84.9 Å². The molecule has 0 aliphatic carbocycles. The molecule has 3 rings (SSSR count).